The predicted octanol–water partition coefficient (Wildman–Crippen LogP) is 2.41. The molecule has 1 aromatic heterocycles. The second kappa shape index (κ2) is 6.49. The maximum absolute atomic E-state index is 5.92. The molecule has 6 heteroatoms. The van der Waals surface area contributed by atoms with Crippen molar-refractivity contribution in [3.05, 3.63) is 36.2 Å². The van der Waals surface area contributed by atoms with Crippen molar-refractivity contribution < 1.29 is 4.74 Å². The van der Waals surface area contributed by atoms with Crippen LogP contribution in [0.25, 0.3) is 0 Å². The molecule has 2 aromatic rings. The Balaban J connectivity index is 1.84. The minimum atomic E-state index is 0.275. The number of para-hydroxylation sites is 1. The largest absolute Gasteiger partial charge is 0.492 e. The van der Waals surface area contributed by atoms with E-state index >= 15 is 0 Å². The highest BCUT2D eigenvalue weighted by Crippen LogP contribution is 2.39. The van der Waals surface area contributed by atoms with E-state index < -0.39 is 0 Å². The predicted molar refractivity (Wildman–Crippen MR) is 83.6 cm³/mol. The molecule has 1 aliphatic heterocycles. The molecule has 0 aliphatic carbocycles. The summed E-state index contributed by atoms with van der Waals surface area (Å²) < 4.78 is 7.72. The van der Waals surface area contributed by atoms with E-state index in [0.29, 0.717) is 6.61 Å². The zero-order valence-corrected chi connectivity index (χ0v) is 13.1. The number of hydrogen-bond donors (Lipinski definition) is 1. The van der Waals surface area contributed by atoms with E-state index in [1.807, 2.05) is 23.9 Å². The first-order chi connectivity index (χ1) is 10.3. The molecule has 2 unspecified atom stereocenters. The molecule has 112 valence electrons. The molecule has 3 rings (SSSR count). The summed E-state index contributed by atoms with van der Waals surface area (Å²) in [5.74, 6) is 0.987. The molecule has 1 N–H and O–H groups in total. The van der Waals surface area contributed by atoms with Gasteiger partial charge in [-0.05, 0) is 19.0 Å². The lowest BCUT2D eigenvalue weighted by atomic mass is 10.00. The SMILES string of the molecule is CCCNC1c2ccccc2OCC1Sc1ncnn1C. The number of thioether (sulfide) groups is 1. The van der Waals surface area contributed by atoms with E-state index in [1.165, 1.54) is 5.56 Å². The van der Waals surface area contributed by atoms with Crippen molar-refractivity contribution in [1.82, 2.24) is 20.1 Å². The number of benzene rings is 1. The second-order valence-corrected chi connectivity index (χ2v) is 6.31. The summed E-state index contributed by atoms with van der Waals surface area (Å²) in [5.41, 5.74) is 1.23. The van der Waals surface area contributed by atoms with E-state index in [0.717, 1.165) is 23.9 Å². The summed E-state index contributed by atoms with van der Waals surface area (Å²) in [6.07, 6.45) is 2.70. The van der Waals surface area contributed by atoms with Crippen LogP contribution in [0, 0.1) is 0 Å². The molecular weight excluding hydrogens is 284 g/mol. The van der Waals surface area contributed by atoms with Crippen molar-refractivity contribution in [3.8, 4) is 5.75 Å². The Labute approximate surface area is 129 Å². The summed E-state index contributed by atoms with van der Waals surface area (Å²) in [7, 11) is 1.92. The highest BCUT2D eigenvalue weighted by atomic mass is 32.2. The third-order valence-corrected chi connectivity index (χ3v) is 4.86. The van der Waals surface area contributed by atoms with Crippen LogP contribution in [-0.2, 0) is 7.05 Å². The van der Waals surface area contributed by atoms with E-state index in [2.05, 4.69) is 34.5 Å². The molecule has 1 aliphatic rings. The fourth-order valence-electron chi connectivity index (χ4n) is 2.51. The highest BCUT2D eigenvalue weighted by Gasteiger charge is 2.32. The number of aryl methyl sites for hydroxylation is 1. The van der Waals surface area contributed by atoms with Gasteiger partial charge in [0.05, 0.1) is 11.3 Å². The van der Waals surface area contributed by atoms with Crippen molar-refractivity contribution in [2.45, 2.75) is 29.8 Å². The lowest BCUT2D eigenvalue weighted by molar-refractivity contribution is 0.260. The van der Waals surface area contributed by atoms with Crippen LogP contribution in [0.4, 0.5) is 0 Å². The molecule has 1 aromatic carbocycles. The van der Waals surface area contributed by atoms with Crippen LogP contribution >= 0.6 is 11.8 Å². The van der Waals surface area contributed by atoms with Crippen molar-refractivity contribution in [1.29, 1.82) is 0 Å². The summed E-state index contributed by atoms with van der Waals surface area (Å²) >= 11 is 1.72. The van der Waals surface area contributed by atoms with Crippen LogP contribution in [-0.4, -0.2) is 33.2 Å². The Morgan fingerprint density at radius 2 is 2.29 bits per heavy atom. The number of hydrogen-bond acceptors (Lipinski definition) is 5. The fraction of sp³-hybridized carbons (Fsp3) is 0.467. The van der Waals surface area contributed by atoms with Gasteiger partial charge in [-0.15, -0.1) is 0 Å². The Bertz CT molecular complexity index is 601. The number of nitrogens with one attached hydrogen (secondary N) is 1. The molecule has 2 heterocycles. The maximum atomic E-state index is 5.92. The number of fused-ring (bicyclic) bond motifs is 1. The molecule has 0 bridgehead atoms. The van der Waals surface area contributed by atoms with Gasteiger partial charge in [-0.25, -0.2) is 9.67 Å². The van der Waals surface area contributed by atoms with Crippen molar-refractivity contribution >= 4 is 11.8 Å². The van der Waals surface area contributed by atoms with Gasteiger partial charge in [0.2, 0.25) is 0 Å². The van der Waals surface area contributed by atoms with Crippen molar-refractivity contribution in [2.75, 3.05) is 13.2 Å². The minimum Gasteiger partial charge on any atom is -0.492 e. The van der Waals surface area contributed by atoms with Gasteiger partial charge in [-0.3, -0.25) is 0 Å². The topological polar surface area (TPSA) is 52.0 Å². The molecule has 0 saturated carbocycles. The van der Waals surface area contributed by atoms with Gasteiger partial charge in [0.1, 0.15) is 18.7 Å². The molecule has 21 heavy (non-hydrogen) atoms. The number of nitrogens with zero attached hydrogens (tertiary/aromatic N) is 3. The smallest absolute Gasteiger partial charge is 0.186 e. The van der Waals surface area contributed by atoms with Crippen molar-refractivity contribution in [3.63, 3.8) is 0 Å². The Kier molecular flexibility index (Phi) is 4.45. The first-order valence-corrected chi connectivity index (χ1v) is 8.13. The molecular formula is C15H20N4OS. The molecule has 0 fully saturated rings. The second-order valence-electron chi connectivity index (χ2n) is 5.10. The lowest BCUT2D eigenvalue weighted by Gasteiger charge is -2.33. The summed E-state index contributed by atoms with van der Waals surface area (Å²) in [5, 5.41) is 9.00. The van der Waals surface area contributed by atoms with Crippen LogP contribution in [0.3, 0.4) is 0 Å². The summed E-state index contributed by atoms with van der Waals surface area (Å²) in [6.45, 7) is 3.86. The van der Waals surface area contributed by atoms with Crippen LogP contribution in [0.15, 0.2) is 35.7 Å². The van der Waals surface area contributed by atoms with Gasteiger partial charge in [-0.2, -0.15) is 5.10 Å². The number of rotatable bonds is 5. The third-order valence-electron chi connectivity index (χ3n) is 3.57. The molecule has 0 saturated heterocycles. The van der Waals surface area contributed by atoms with Crippen molar-refractivity contribution in [2.24, 2.45) is 7.05 Å². The standard InChI is InChI=1S/C15H20N4OS/c1-3-8-16-14-11-6-4-5-7-12(11)20-9-13(14)21-15-17-10-18-19(15)2/h4-7,10,13-14,16H,3,8-9H2,1-2H3. The van der Waals surface area contributed by atoms with E-state index in [4.69, 9.17) is 4.74 Å². The van der Waals surface area contributed by atoms with E-state index in [1.54, 1.807) is 18.1 Å². The quantitative estimate of drug-likeness (QED) is 0.919. The Morgan fingerprint density at radius 3 is 3.05 bits per heavy atom. The fourth-order valence-corrected chi connectivity index (χ4v) is 3.60. The molecule has 0 amide bonds. The zero-order chi connectivity index (χ0) is 14.7. The Morgan fingerprint density at radius 1 is 1.43 bits per heavy atom. The average molecular weight is 304 g/mol. The van der Waals surface area contributed by atoms with Gasteiger partial charge >= 0.3 is 0 Å². The molecule has 2 atom stereocenters. The number of ether oxygens (including phenoxy) is 1. The minimum absolute atomic E-state index is 0.275. The van der Waals surface area contributed by atoms with Crippen LogP contribution in [0.5, 0.6) is 5.75 Å². The first-order valence-electron chi connectivity index (χ1n) is 7.25. The van der Waals surface area contributed by atoms with Gasteiger partial charge in [0, 0.05) is 12.6 Å². The van der Waals surface area contributed by atoms with Gasteiger partial charge < -0.3 is 10.1 Å². The maximum Gasteiger partial charge on any atom is 0.186 e. The molecule has 0 spiro atoms. The van der Waals surface area contributed by atoms with Crippen LogP contribution in [0.1, 0.15) is 24.9 Å². The van der Waals surface area contributed by atoms with E-state index in [9.17, 15) is 0 Å². The average Bonchev–Trinajstić information content (AvgIpc) is 2.91. The van der Waals surface area contributed by atoms with Gasteiger partial charge in [0.25, 0.3) is 0 Å². The first kappa shape index (κ1) is 14.4. The number of aromatic nitrogens is 3. The Hall–Kier alpha value is -1.53. The highest BCUT2D eigenvalue weighted by molar-refractivity contribution is 7.99. The molecule has 0 radical (unpaired) electrons. The lowest BCUT2D eigenvalue weighted by Crippen LogP contribution is -2.38. The zero-order valence-electron chi connectivity index (χ0n) is 12.3. The third kappa shape index (κ3) is 3.06. The summed E-state index contributed by atoms with van der Waals surface area (Å²) in [6, 6.07) is 8.55. The van der Waals surface area contributed by atoms with Gasteiger partial charge in [0.15, 0.2) is 5.16 Å². The normalized spacial score (nSPS) is 20.9. The van der Waals surface area contributed by atoms with Crippen LogP contribution in [0.2, 0.25) is 0 Å². The van der Waals surface area contributed by atoms with Gasteiger partial charge in [-0.1, -0.05) is 36.9 Å². The molecule has 5 nitrogen and oxygen atoms in total. The summed E-state index contributed by atoms with van der Waals surface area (Å²) in [4.78, 5) is 4.31. The van der Waals surface area contributed by atoms with Crippen LogP contribution < -0.4 is 10.1 Å². The van der Waals surface area contributed by atoms with E-state index in [-0.39, 0.29) is 11.3 Å². The monoisotopic (exact) mass is 304 g/mol.